The van der Waals surface area contributed by atoms with E-state index in [4.69, 9.17) is 18.9 Å². The average molecular weight is 280 g/mol. The largest absolute Gasteiger partial charge is 0.465 e. The summed E-state index contributed by atoms with van der Waals surface area (Å²) in [6.45, 7) is 1.94. The predicted molar refractivity (Wildman–Crippen MR) is 55.2 cm³/mol. The number of esters is 2. The fourth-order valence-corrected chi connectivity index (χ4v) is 2.11. The molecular formula is C11H14F2O6. The Morgan fingerprint density at radius 1 is 1.11 bits per heavy atom. The highest BCUT2D eigenvalue weighted by Crippen LogP contribution is 2.49. The van der Waals surface area contributed by atoms with Gasteiger partial charge >= 0.3 is 17.9 Å². The molecule has 3 saturated heterocycles. The predicted octanol–water partition coefficient (Wildman–Crippen LogP) is 0.488. The lowest BCUT2D eigenvalue weighted by atomic mass is 9.85. The van der Waals surface area contributed by atoms with Crippen molar-refractivity contribution in [2.45, 2.75) is 38.3 Å². The SMILES string of the molecule is CC(=O)OC[C@H]1[C@H](COC(C)=O)O[C@@H]2O[C@H]1C2(F)F. The summed E-state index contributed by atoms with van der Waals surface area (Å²) in [5.74, 6) is -5.11. The summed E-state index contributed by atoms with van der Waals surface area (Å²) in [7, 11) is 0. The van der Waals surface area contributed by atoms with Gasteiger partial charge in [-0.1, -0.05) is 0 Å². The van der Waals surface area contributed by atoms with Crippen LogP contribution in [0, 0.1) is 5.92 Å². The maximum atomic E-state index is 13.5. The number of carbonyl (C=O) groups is 2. The number of hydrogen-bond acceptors (Lipinski definition) is 6. The summed E-state index contributed by atoms with van der Waals surface area (Å²) in [4.78, 5) is 21.5. The molecule has 0 aliphatic carbocycles. The topological polar surface area (TPSA) is 71.1 Å². The molecule has 3 heterocycles. The molecular weight excluding hydrogens is 266 g/mol. The van der Waals surface area contributed by atoms with Gasteiger partial charge in [-0.2, -0.15) is 8.78 Å². The van der Waals surface area contributed by atoms with Gasteiger partial charge < -0.3 is 18.9 Å². The first-order valence-corrected chi connectivity index (χ1v) is 5.78. The molecule has 0 aromatic carbocycles. The van der Waals surface area contributed by atoms with Crippen LogP contribution in [0.1, 0.15) is 13.8 Å². The highest BCUT2D eigenvalue weighted by molar-refractivity contribution is 5.66. The molecule has 0 amide bonds. The molecule has 0 saturated carbocycles. The summed E-state index contributed by atoms with van der Waals surface area (Å²) in [5.41, 5.74) is 0. The Kier molecular flexibility index (Phi) is 3.73. The van der Waals surface area contributed by atoms with Crippen molar-refractivity contribution in [3.63, 3.8) is 0 Å². The van der Waals surface area contributed by atoms with Crippen LogP contribution in [-0.2, 0) is 28.5 Å². The zero-order valence-corrected chi connectivity index (χ0v) is 10.4. The van der Waals surface area contributed by atoms with Crippen molar-refractivity contribution in [2.75, 3.05) is 13.2 Å². The fourth-order valence-electron chi connectivity index (χ4n) is 2.11. The monoisotopic (exact) mass is 280 g/mol. The maximum absolute atomic E-state index is 13.5. The first-order valence-electron chi connectivity index (χ1n) is 5.78. The van der Waals surface area contributed by atoms with Gasteiger partial charge in [0.2, 0.25) is 6.29 Å². The Bertz CT molecular complexity index is 385. The highest BCUT2D eigenvalue weighted by Gasteiger charge is 2.69. The lowest BCUT2D eigenvalue weighted by molar-refractivity contribution is -0.460. The second-order valence-electron chi connectivity index (χ2n) is 4.51. The first kappa shape index (κ1) is 14.1. The van der Waals surface area contributed by atoms with Gasteiger partial charge in [0.25, 0.3) is 0 Å². The van der Waals surface area contributed by atoms with E-state index in [0.29, 0.717) is 0 Å². The molecule has 108 valence electrons. The molecule has 0 spiro atoms. The minimum Gasteiger partial charge on any atom is -0.465 e. The van der Waals surface area contributed by atoms with Crippen molar-refractivity contribution in [3.05, 3.63) is 0 Å². The van der Waals surface area contributed by atoms with E-state index in [1.54, 1.807) is 0 Å². The second kappa shape index (κ2) is 5.01. The lowest BCUT2D eigenvalue weighted by Gasteiger charge is -2.54. The molecule has 3 rings (SSSR count). The number of alkyl halides is 2. The van der Waals surface area contributed by atoms with E-state index in [2.05, 4.69) is 0 Å². The van der Waals surface area contributed by atoms with Crippen LogP contribution in [0.2, 0.25) is 0 Å². The molecule has 0 N–H and O–H groups in total. The van der Waals surface area contributed by atoms with Crippen molar-refractivity contribution in [1.82, 2.24) is 0 Å². The molecule has 19 heavy (non-hydrogen) atoms. The zero-order valence-electron chi connectivity index (χ0n) is 10.4. The van der Waals surface area contributed by atoms with Crippen LogP contribution in [0.25, 0.3) is 0 Å². The summed E-state index contributed by atoms with van der Waals surface area (Å²) in [6, 6.07) is 0. The van der Waals surface area contributed by atoms with Crippen molar-refractivity contribution < 1.29 is 37.3 Å². The third-order valence-corrected chi connectivity index (χ3v) is 3.06. The number of ether oxygens (including phenoxy) is 4. The fraction of sp³-hybridized carbons (Fsp3) is 0.818. The molecule has 0 radical (unpaired) electrons. The van der Waals surface area contributed by atoms with Gasteiger partial charge in [-0.05, 0) is 0 Å². The number of halogens is 2. The van der Waals surface area contributed by atoms with E-state index in [1.165, 1.54) is 13.8 Å². The highest BCUT2D eigenvalue weighted by atomic mass is 19.3. The Labute approximate surface area is 107 Å². The van der Waals surface area contributed by atoms with Gasteiger partial charge in [-0.25, -0.2) is 0 Å². The molecule has 4 atom stereocenters. The van der Waals surface area contributed by atoms with E-state index in [-0.39, 0.29) is 13.2 Å². The van der Waals surface area contributed by atoms with Gasteiger partial charge in [-0.3, -0.25) is 9.59 Å². The number of carbonyl (C=O) groups excluding carboxylic acids is 2. The van der Waals surface area contributed by atoms with E-state index in [1.807, 2.05) is 0 Å². The van der Waals surface area contributed by atoms with Gasteiger partial charge in [0, 0.05) is 13.8 Å². The van der Waals surface area contributed by atoms with E-state index >= 15 is 0 Å². The third-order valence-electron chi connectivity index (χ3n) is 3.06. The molecule has 2 bridgehead atoms. The summed E-state index contributed by atoms with van der Waals surface area (Å²) in [5, 5.41) is 0. The number of hydrogen-bond donors (Lipinski definition) is 0. The van der Waals surface area contributed by atoms with Gasteiger partial charge in [0.1, 0.15) is 18.8 Å². The normalized spacial score (nSPS) is 35.2. The van der Waals surface area contributed by atoms with Crippen LogP contribution < -0.4 is 0 Å². The molecule has 3 fully saturated rings. The van der Waals surface area contributed by atoms with Gasteiger partial charge in [0.15, 0.2) is 0 Å². The molecule has 0 aromatic heterocycles. The summed E-state index contributed by atoms with van der Waals surface area (Å²) in [6.07, 6.45) is -3.77. The summed E-state index contributed by atoms with van der Waals surface area (Å²) >= 11 is 0. The minimum absolute atomic E-state index is 0.173. The second-order valence-corrected chi connectivity index (χ2v) is 4.51. The van der Waals surface area contributed by atoms with Crippen LogP contribution in [0.3, 0.4) is 0 Å². The summed E-state index contributed by atoms with van der Waals surface area (Å²) < 4.78 is 46.4. The Morgan fingerprint density at radius 2 is 1.68 bits per heavy atom. The molecule has 3 aliphatic rings. The van der Waals surface area contributed by atoms with Gasteiger partial charge in [0.05, 0.1) is 12.5 Å². The first-order chi connectivity index (χ1) is 8.82. The van der Waals surface area contributed by atoms with E-state index in [0.717, 1.165) is 0 Å². The van der Waals surface area contributed by atoms with Crippen molar-refractivity contribution in [1.29, 1.82) is 0 Å². The average Bonchev–Trinajstić information content (AvgIpc) is 2.33. The number of fused-ring (bicyclic) bond motifs is 2. The third kappa shape index (κ3) is 2.69. The molecule has 6 nitrogen and oxygen atoms in total. The quantitative estimate of drug-likeness (QED) is 0.698. The standard InChI is InChI=1S/C11H14F2O6/c1-5(14)16-3-7-8(4-17-6(2)15)18-10-11(12,13)9(7)19-10/h7-10H,3-4H2,1-2H3/t7-,8-,9+,10+/m0/s1. The molecule has 8 heteroatoms. The minimum atomic E-state index is -3.11. The Hall–Kier alpha value is -1.28. The maximum Gasteiger partial charge on any atom is 0.323 e. The smallest absolute Gasteiger partial charge is 0.323 e. The van der Waals surface area contributed by atoms with E-state index in [9.17, 15) is 18.4 Å². The van der Waals surface area contributed by atoms with Crippen molar-refractivity contribution >= 4 is 11.9 Å². The number of rotatable bonds is 4. The molecule has 0 unspecified atom stereocenters. The van der Waals surface area contributed by atoms with Crippen LogP contribution in [0.15, 0.2) is 0 Å². The lowest BCUT2D eigenvalue weighted by Crippen LogP contribution is -2.72. The van der Waals surface area contributed by atoms with E-state index < -0.39 is 42.3 Å². The van der Waals surface area contributed by atoms with Gasteiger partial charge in [-0.15, -0.1) is 0 Å². The Morgan fingerprint density at radius 3 is 2.21 bits per heavy atom. The van der Waals surface area contributed by atoms with Crippen LogP contribution in [0.5, 0.6) is 0 Å². The molecule has 0 aromatic rings. The molecule has 3 aliphatic heterocycles. The van der Waals surface area contributed by atoms with Crippen LogP contribution >= 0.6 is 0 Å². The van der Waals surface area contributed by atoms with Crippen LogP contribution in [0.4, 0.5) is 8.78 Å². The van der Waals surface area contributed by atoms with Crippen molar-refractivity contribution in [3.8, 4) is 0 Å². The zero-order chi connectivity index (χ0) is 14.2. The van der Waals surface area contributed by atoms with Crippen LogP contribution in [-0.4, -0.2) is 49.6 Å². The Balaban J connectivity index is 2.01. The van der Waals surface area contributed by atoms with Crippen molar-refractivity contribution in [2.24, 2.45) is 5.92 Å².